The average molecular weight is 313 g/mol. The van der Waals surface area contributed by atoms with Crippen LogP contribution in [0.15, 0.2) is 27.3 Å². The lowest BCUT2D eigenvalue weighted by Crippen LogP contribution is -2.02. The van der Waals surface area contributed by atoms with Gasteiger partial charge in [0.15, 0.2) is 11.3 Å². The maximum atomic E-state index is 5.78. The monoisotopic (exact) mass is 312 g/mol. The summed E-state index contributed by atoms with van der Waals surface area (Å²) in [6.07, 6.45) is 3.52. The first-order chi connectivity index (χ1) is 8.77. The van der Waals surface area contributed by atoms with Crippen molar-refractivity contribution in [3.05, 3.63) is 28.4 Å². The molecule has 0 aliphatic rings. The third kappa shape index (κ3) is 2.70. The van der Waals surface area contributed by atoms with Gasteiger partial charge in [-0.05, 0) is 40.0 Å². The lowest BCUT2D eigenvalue weighted by Gasteiger charge is -2.10. The number of methoxy groups -OCH3 is 1. The Morgan fingerprint density at radius 3 is 2.89 bits per heavy atom. The van der Waals surface area contributed by atoms with Crippen LogP contribution in [0, 0.1) is 0 Å². The maximum absolute atomic E-state index is 5.78. The van der Waals surface area contributed by atoms with Crippen molar-refractivity contribution < 1.29 is 13.9 Å². The number of hydrogen-bond acceptors (Lipinski definition) is 3. The van der Waals surface area contributed by atoms with E-state index < -0.39 is 0 Å². The standard InChI is InChI=1S/C14H17BrO3/c1-3-10-9-12(17-7-4-6-16-2)14-11(13(10)15)5-8-18-14/h5,8-9H,3-4,6-7H2,1-2H3. The van der Waals surface area contributed by atoms with E-state index in [2.05, 4.69) is 22.9 Å². The predicted octanol–water partition coefficient (Wildman–Crippen LogP) is 4.17. The number of hydrogen-bond donors (Lipinski definition) is 0. The molecule has 98 valence electrons. The molecule has 0 spiro atoms. The van der Waals surface area contributed by atoms with Gasteiger partial charge >= 0.3 is 0 Å². The van der Waals surface area contributed by atoms with Crippen LogP contribution < -0.4 is 4.74 Å². The molecule has 4 heteroatoms. The van der Waals surface area contributed by atoms with Gasteiger partial charge < -0.3 is 13.9 Å². The zero-order valence-electron chi connectivity index (χ0n) is 10.7. The molecule has 1 aromatic heterocycles. The van der Waals surface area contributed by atoms with Crippen LogP contribution in [0.1, 0.15) is 18.9 Å². The average Bonchev–Trinajstić information content (AvgIpc) is 2.87. The topological polar surface area (TPSA) is 31.6 Å². The van der Waals surface area contributed by atoms with E-state index in [-0.39, 0.29) is 0 Å². The zero-order chi connectivity index (χ0) is 13.0. The third-order valence-corrected chi connectivity index (χ3v) is 3.78. The number of benzene rings is 1. The molecular formula is C14H17BrO3. The summed E-state index contributed by atoms with van der Waals surface area (Å²) in [5.41, 5.74) is 2.03. The van der Waals surface area contributed by atoms with Crippen molar-refractivity contribution in [2.24, 2.45) is 0 Å². The lowest BCUT2D eigenvalue weighted by atomic mass is 10.1. The second kappa shape index (κ2) is 6.25. The molecule has 0 saturated carbocycles. The van der Waals surface area contributed by atoms with E-state index in [4.69, 9.17) is 13.9 Å². The van der Waals surface area contributed by atoms with Gasteiger partial charge in [0.05, 0.1) is 12.9 Å². The van der Waals surface area contributed by atoms with Crippen molar-refractivity contribution in [1.82, 2.24) is 0 Å². The minimum absolute atomic E-state index is 0.633. The van der Waals surface area contributed by atoms with Gasteiger partial charge in [-0.1, -0.05) is 6.92 Å². The molecule has 3 nitrogen and oxygen atoms in total. The molecule has 0 saturated heterocycles. The van der Waals surface area contributed by atoms with E-state index in [9.17, 15) is 0 Å². The number of fused-ring (bicyclic) bond motifs is 1. The summed E-state index contributed by atoms with van der Waals surface area (Å²) < 4.78 is 17.4. The van der Waals surface area contributed by atoms with E-state index in [1.54, 1.807) is 13.4 Å². The Morgan fingerprint density at radius 1 is 1.33 bits per heavy atom. The van der Waals surface area contributed by atoms with Crippen molar-refractivity contribution >= 4 is 26.9 Å². The van der Waals surface area contributed by atoms with Gasteiger partial charge in [0, 0.05) is 30.0 Å². The molecule has 2 aromatic rings. The highest BCUT2D eigenvalue weighted by Gasteiger charge is 2.12. The van der Waals surface area contributed by atoms with Crippen molar-refractivity contribution in [2.75, 3.05) is 20.3 Å². The van der Waals surface area contributed by atoms with Crippen molar-refractivity contribution in [3.8, 4) is 5.75 Å². The minimum Gasteiger partial charge on any atom is -0.490 e. The van der Waals surface area contributed by atoms with E-state index in [1.807, 2.05) is 12.1 Å². The number of halogens is 1. The summed E-state index contributed by atoms with van der Waals surface area (Å²) in [6.45, 7) is 3.47. The van der Waals surface area contributed by atoms with E-state index in [1.165, 1.54) is 5.56 Å². The Labute approximate surface area is 115 Å². The van der Waals surface area contributed by atoms with Gasteiger partial charge in [0.2, 0.25) is 0 Å². The van der Waals surface area contributed by atoms with Crippen LogP contribution in [0.25, 0.3) is 11.0 Å². The van der Waals surface area contributed by atoms with Crippen molar-refractivity contribution in [2.45, 2.75) is 19.8 Å². The molecule has 0 amide bonds. The number of ether oxygens (including phenoxy) is 2. The first-order valence-corrected chi connectivity index (χ1v) is 6.87. The van der Waals surface area contributed by atoms with E-state index in [0.717, 1.165) is 34.0 Å². The fourth-order valence-electron chi connectivity index (χ4n) is 1.88. The summed E-state index contributed by atoms with van der Waals surface area (Å²) in [7, 11) is 1.69. The van der Waals surface area contributed by atoms with Gasteiger partial charge in [0.1, 0.15) is 0 Å². The van der Waals surface area contributed by atoms with Crippen molar-refractivity contribution in [3.63, 3.8) is 0 Å². The Bertz CT molecular complexity index is 519. The number of rotatable bonds is 6. The summed E-state index contributed by atoms with van der Waals surface area (Å²) in [6, 6.07) is 4.00. The smallest absolute Gasteiger partial charge is 0.176 e. The normalized spacial score (nSPS) is 11.1. The highest BCUT2D eigenvalue weighted by atomic mass is 79.9. The molecule has 1 aromatic carbocycles. The van der Waals surface area contributed by atoms with E-state index >= 15 is 0 Å². The Kier molecular flexibility index (Phi) is 4.66. The highest BCUT2D eigenvalue weighted by Crippen LogP contribution is 2.36. The quantitative estimate of drug-likeness (QED) is 0.750. The van der Waals surface area contributed by atoms with Crippen LogP contribution in [0.2, 0.25) is 0 Å². The first kappa shape index (κ1) is 13.4. The lowest BCUT2D eigenvalue weighted by molar-refractivity contribution is 0.172. The second-order valence-electron chi connectivity index (χ2n) is 4.06. The van der Waals surface area contributed by atoms with Crippen molar-refractivity contribution in [1.29, 1.82) is 0 Å². The molecule has 0 aliphatic heterocycles. The highest BCUT2D eigenvalue weighted by molar-refractivity contribution is 9.10. The van der Waals surface area contributed by atoms with Gasteiger partial charge in [-0.15, -0.1) is 0 Å². The van der Waals surface area contributed by atoms with Gasteiger partial charge in [-0.3, -0.25) is 0 Å². The summed E-state index contributed by atoms with van der Waals surface area (Å²) in [5, 5.41) is 1.07. The molecule has 1 heterocycles. The fraction of sp³-hybridized carbons (Fsp3) is 0.429. The summed E-state index contributed by atoms with van der Waals surface area (Å²) in [5.74, 6) is 0.811. The number of furan rings is 1. The van der Waals surface area contributed by atoms with Gasteiger partial charge in [-0.2, -0.15) is 0 Å². The first-order valence-electron chi connectivity index (χ1n) is 6.08. The van der Waals surface area contributed by atoms with E-state index in [0.29, 0.717) is 13.2 Å². The molecule has 0 bridgehead atoms. The molecule has 0 aliphatic carbocycles. The molecular weight excluding hydrogens is 296 g/mol. The molecule has 0 fully saturated rings. The fourth-order valence-corrected chi connectivity index (χ4v) is 2.59. The Morgan fingerprint density at radius 2 is 2.17 bits per heavy atom. The number of aryl methyl sites for hydroxylation is 1. The minimum atomic E-state index is 0.633. The largest absolute Gasteiger partial charge is 0.490 e. The van der Waals surface area contributed by atoms with Crippen LogP contribution in [0.4, 0.5) is 0 Å². The van der Waals surface area contributed by atoms with Crippen LogP contribution in [0.3, 0.4) is 0 Å². The Balaban J connectivity index is 2.25. The molecule has 2 rings (SSSR count). The second-order valence-corrected chi connectivity index (χ2v) is 4.85. The zero-order valence-corrected chi connectivity index (χ0v) is 12.2. The molecule has 0 atom stereocenters. The third-order valence-electron chi connectivity index (χ3n) is 2.84. The van der Waals surface area contributed by atoms with Gasteiger partial charge in [0.25, 0.3) is 0 Å². The summed E-state index contributed by atoms with van der Waals surface area (Å²) >= 11 is 3.61. The van der Waals surface area contributed by atoms with Crippen LogP contribution in [0.5, 0.6) is 5.75 Å². The van der Waals surface area contributed by atoms with Crippen LogP contribution in [-0.2, 0) is 11.2 Å². The SMILES string of the molecule is CCc1cc(OCCCOC)c2occc2c1Br. The van der Waals surface area contributed by atoms with Crippen LogP contribution in [-0.4, -0.2) is 20.3 Å². The molecule has 0 unspecified atom stereocenters. The molecule has 0 N–H and O–H groups in total. The summed E-state index contributed by atoms with van der Waals surface area (Å²) in [4.78, 5) is 0. The molecule has 0 radical (unpaired) electrons. The predicted molar refractivity (Wildman–Crippen MR) is 75.3 cm³/mol. The Hall–Kier alpha value is -1.00. The molecule has 18 heavy (non-hydrogen) atoms. The maximum Gasteiger partial charge on any atom is 0.176 e. The van der Waals surface area contributed by atoms with Gasteiger partial charge in [-0.25, -0.2) is 0 Å². The van der Waals surface area contributed by atoms with Crippen LogP contribution >= 0.6 is 15.9 Å².